The van der Waals surface area contributed by atoms with Gasteiger partial charge in [0.25, 0.3) is 0 Å². The van der Waals surface area contributed by atoms with Crippen LogP contribution in [0.2, 0.25) is 0 Å². The van der Waals surface area contributed by atoms with Gasteiger partial charge >= 0.3 is 17.1 Å². The summed E-state index contributed by atoms with van der Waals surface area (Å²) >= 11 is 7.36. The Kier molecular flexibility index (Phi) is 12.6. The van der Waals surface area contributed by atoms with Crippen LogP contribution in [0.5, 0.6) is 0 Å². The van der Waals surface area contributed by atoms with E-state index < -0.39 is 0 Å². The number of aromatic nitrogens is 2. The van der Waals surface area contributed by atoms with Gasteiger partial charge in [0.2, 0.25) is 0 Å². The van der Waals surface area contributed by atoms with Gasteiger partial charge in [-0.15, -0.1) is 22.8 Å². The molecule has 7 heteroatoms. The Balaban J connectivity index is 0.000000158. The van der Waals surface area contributed by atoms with Crippen molar-refractivity contribution in [3.05, 3.63) is 219 Å². The summed E-state index contributed by atoms with van der Waals surface area (Å²) in [7, 11) is 0. The number of halogens is 2. The van der Waals surface area contributed by atoms with Gasteiger partial charge in [-0.25, -0.2) is 9.98 Å². The zero-order chi connectivity index (χ0) is 47.1. The van der Waals surface area contributed by atoms with Gasteiger partial charge in [-0.2, -0.15) is 0 Å². The molecule has 2 aliphatic heterocycles. The zero-order valence-corrected chi connectivity index (χ0v) is 44.3. The smallest absolute Gasteiger partial charge is 0.656 e. The fourth-order valence-electron chi connectivity index (χ4n) is 11.5. The summed E-state index contributed by atoms with van der Waals surface area (Å²) in [6.07, 6.45) is 8.30. The van der Waals surface area contributed by atoms with Crippen LogP contribution < -0.4 is 9.97 Å². The summed E-state index contributed by atoms with van der Waals surface area (Å²) in [5.74, 6) is 0. The van der Waals surface area contributed by atoms with Crippen LogP contribution in [0.3, 0.4) is 0 Å². The first kappa shape index (κ1) is 46.9. The molecule has 69 heavy (non-hydrogen) atoms. The van der Waals surface area contributed by atoms with E-state index in [4.69, 9.17) is 20.0 Å². The maximum Gasteiger partial charge on any atom is 2.00 e. The van der Waals surface area contributed by atoms with Crippen molar-refractivity contribution >= 4 is 77.0 Å². The van der Waals surface area contributed by atoms with Crippen LogP contribution in [0, 0.1) is 41.5 Å². The molecule has 0 saturated carbocycles. The molecule has 2 aliphatic carbocycles. The molecule has 6 aromatic carbocycles. The summed E-state index contributed by atoms with van der Waals surface area (Å²) in [5.41, 5.74) is 29.4. The van der Waals surface area contributed by atoms with Gasteiger partial charge in [-0.05, 0) is 167 Å². The number of hydrogen-bond acceptors (Lipinski definition) is 2. The van der Waals surface area contributed by atoms with Crippen LogP contribution in [0.15, 0.2) is 162 Å². The molecule has 4 heterocycles. The van der Waals surface area contributed by atoms with E-state index in [2.05, 4.69) is 209 Å². The second-order valence-electron chi connectivity index (χ2n) is 18.9. The summed E-state index contributed by atoms with van der Waals surface area (Å²) in [6, 6.07) is 39.3. The van der Waals surface area contributed by atoms with Crippen molar-refractivity contribution in [1.82, 2.24) is 9.97 Å². The van der Waals surface area contributed by atoms with E-state index in [1.54, 1.807) is 0 Å². The third-order valence-corrected chi connectivity index (χ3v) is 15.2. The third kappa shape index (κ3) is 8.15. The molecule has 0 fully saturated rings. The normalized spacial score (nSPS) is 15.7. The number of rotatable bonds is 6. The maximum absolute atomic E-state index is 5.23. The van der Waals surface area contributed by atoms with Crippen molar-refractivity contribution < 1.29 is 17.1 Å². The number of allylic oxidation sites excluding steroid dienone is 4. The van der Waals surface area contributed by atoms with E-state index in [1.807, 2.05) is 0 Å². The quantitative estimate of drug-likeness (QED) is 0.156. The van der Waals surface area contributed by atoms with Gasteiger partial charge in [-0.3, -0.25) is 0 Å². The molecule has 4 aliphatic rings. The van der Waals surface area contributed by atoms with Crippen LogP contribution in [0.1, 0.15) is 93.7 Å². The molecule has 345 valence electrons. The van der Waals surface area contributed by atoms with Gasteiger partial charge < -0.3 is 9.97 Å². The zero-order valence-electron chi connectivity index (χ0n) is 40.2. The number of nitrogens with zero attached hydrogens (tertiary/aromatic N) is 4. The van der Waals surface area contributed by atoms with Crippen LogP contribution in [-0.2, 0) is 29.9 Å². The predicted molar refractivity (Wildman–Crippen MR) is 293 cm³/mol. The topological polar surface area (TPSA) is 52.9 Å². The Morgan fingerprint density at radius 3 is 1.25 bits per heavy atom. The third-order valence-electron chi connectivity index (χ3n) is 14.2. The fourth-order valence-corrected chi connectivity index (χ4v) is 12.2. The van der Waals surface area contributed by atoms with Crippen molar-refractivity contribution in [2.75, 3.05) is 0 Å². The molecule has 1 radical (unpaired) electrons. The summed E-state index contributed by atoms with van der Waals surface area (Å²) in [5, 5.41) is 4.70. The van der Waals surface area contributed by atoms with Crippen LogP contribution in [-0.4, -0.2) is 11.4 Å². The van der Waals surface area contributed by atoms with Gasteiger partial charge in [0.15, 0.2) is 0 Å². The Bertz CT molecular complexity index is 3390. The molecule has 12 rings (SSSR count). The van der Waals surface area contributed by atoms with E-state index in [9.17, 15) is 0 Å². The van der Waals surface area contributed by atoms with E-state index in [0.717, 1.165) is 80.2 Å². The minimum Gasteiger partial charge on any atom is -0.656 e. The monoisotopic (exact) mass is 1070 g/mol. The molecular formula is C62H52Br2CuN4. The first-order chi connectivity index (χ1) is 32.9. The molecule has 2 aromatic heterocycles. The van der Waals surface area contributed by atoms with Crippen molar-refractivity contribution in [2.24, 2.45) is 9.98 Å². The van der Waals surface area contributed by atoms with Crippen LogP contribution in [0.4, 0.5) is 0 Å². The average Bonchev–Trinajstić information content (AvgIpc) is 4.14. The predicted octanol–water partition coefficient (Wildman–Crippen LogP) is 16.5. The first-order valence-electron chi connectivity index (χ1n) is 23.8. The molecule has 0 saturated heterocycles. The number of hydrogen-bond donors (Lipinski definition) is 0. The summed E-state index contributed by atoms with van der Waals surface area (Å²) in [4.78, 5) is 20.8. The van der Waals surface area contributed by atoms with Crippen LogP contribution in [0.25, 0.3) is 56.2 Å². The molecule has 0 amide bonds. The molecular weight excluding hydrogens is 1020 g/mol. The Hall–Kier alpha value is -5.82. The van der Waals surface area contributed by atoms with Crippen LogP contribution >= 0.6 is 31.9 Å². The van der Waals surface area contributed by atoms with E-state index in [0.29, 0.717) is 0 Å². The van der Waals surface area contributed by atoms with Gasteiger partial charge in [-0.1, -0.05) is 154 Å². The van der Waals surface area contributed by atoms with Crippen molar-refractivity contribution in [3.63, 3.8) is 0 Å². The Morgan fingerprint density at radius 1 is 0.493 bits per heavy atom. The minimum atomic E-state index is 0. The van der Waals surface area contributed by atoms with E-state index in [-0.39, 0.29) is 17.1 Å². The molecule has 8 aromatic rings. The SMILES string of the molecule is CCC1=C2Cc3ccccc3C2=N/C1=C\c1[n-]c(-c2c(C)cc(C)cc2C)c2cc(Br)ccc12.CCC1=C2Cc3ccccc3C2=N/C1=C\c1[n-]c(-c2c(C)cc(C)cc2C)c2cc(Br)ccc12.[Cu+2]. The second-order valence-corrected chi connectivity index (χ2v) is 20.7. The number of benzene rings is 6. The number of aliphatic imine (C=N–C) groups is 2. The standard InChI is InChI=1S/2C31H26BrN2.Cu/c2*1-5-22-25-14-20-8-6-7-9-23(20)30(25)33-27(22)16-28-24-11-10-21(32)15-26(24)31(34-28)29-18(3)12-17(2)13-19(29)4;/h2*6-13,15-16H,5,14H2,1-4H3;/q2*-1;+2/b2*27-16-;. The minimum absolute atomic E-state index is 0. The van der Waals surface area contributed by atoms with Gasteiger partial charge in [0, 0.05) is 32.9 Å². The molecule has 4 nitrogen and oxygen atoms in total. The number of aryl methyl sites for hydroxylation is 6. The average molecular weight is 1080 g/mol. The molecule has 0 bridgehead atoms. The van der Waals surface area contributed by atoms with Gasteiger partial charge in [0.1, 0.15) is 0 Å². The largest absolute Gasteiger partial charge is 2.00 e. The summed E-state index contributed by atoms with van der Waals surface area (Å²) in [6.45, 7) is 17.5. The molecule has 0 spiro atoms. The Labute approximate surface area is 433 Å². The fraction of sp³-hybridized carbons (Fsp3) is 0.194. The summed E-state index contributed by atoms with van der Waals surface area (Å²) < 4.78 is 2.14. The number of fused-ring (bicyclic) bond motifs is 8. The molecule has 0 atom stereocenters. The van der Waals surface area contributed by atoms with Crippen molar-refractivity contribution in [1.29, 1.82) is 0 Å². The van der Waals surface area contributed by atoms with Crippen molar-refractivity contribution in [2.45, 2.75) is 81.1 Å². The van der Waals surface area contributed by atoms with E-state index >= 15 is 0 Å². The first-order valence-corrected chi connectivity index (χ1v) is 25.4. The van der Waals surface area contributed by atoms with E-state index in [1.165, 1.54) is 111 Å². The molecule has 0 N–H and O–H groups in total. The molecule has 0 unspecified atom stereocenters. The maximum atomic E-state index is 5.23. The van der Waals surface area contributed by atoms with Crippen molar-refractivity contribution in [3.8, 4) is 22.5 Å². The van der Waals surface area contributed by atoms with Gasteiger partial charge in [0.05, 0.1) is 22.8 Å². The Morgan fingerprint density at radius 2 is 0.870 bits per heavy atom. The second kappa shape index (κ2) is 18.5.